The molecule has 0 unspecified atom stereocenters. The van der Waals surface area contributed by atoms with Crippen molar-refractivity contribution in [1.29, 1.82) is 0 Å². The molecule has 1 saturated heterocycles. The van der Waals surface area contributed by atoms with Crippen LogP contribution in [0.3, 0.4) is 0 Å². The predicted octanol–water partition coefficient (Wildman–Crippen LogP) is 2.26. The van der Waals surface area contributed by atoms with Crippen molar-refractivity contribution in [3.8, 4) is 0 Å². The first kappa shape index (κ1) is 11.7. The molecule has 1 aromatic rings. The quantitative estimate of drug-likeness (QED) is 0.830. The number of nitrogens with one attached hydrogen (secondary N) is 1. The average molecular weight is 245 g/mol. The van der Waals surface area contributed by atoms with Crippen LogP contribution >= 0.6 is 0 Å². The predicted molar refractivity (Wildman–Crippen MR) is 68.9 cm³/mol. The number of benzene rings is 1. The van der Waals surface area contributed by atoms with Gasteiger partial charge in [-0.2, -0.15) is 0 Å². The van der Waals surface area contributed by atoms with Crippen LogP contribution in [-0.2, 0) is 16.1 Å². The summed E-state index contributed by atoms with van der Waals surface area (Å²) in [5, 5.41) is 2.86. The Hall–Kier alpha value is -1.35. The molecule has 1 amide bonds. The standard InChI is InChI=1S/C15H19NO2/c17-14-15(11-16-14)8-6-13(7-9-15)18-10-12-4-2-1-3-5-12/h1-5,13H,6-11H2,(H,16,17). The smallest absolute Gasteiger partial charge is 0.228 e. The fourth-order valence-electron chi connectivity index (χ4n) is 2.91. The van der Waals surface area contributed by atoms with Crippen LogP contribution in [0.2, 0.25) is 0 Å². The molecule has 3 rings (SSSR count). The van der Waals surface area contributed by atoms with Gasteiger partial charge in [-0.05, 0) is 31.2 Å². The third-order valence-electron chi connectivity index (χ3n) is 4.29. The van der Waals surface area contributed by atoms with Gasteiger partial charge in [-0.3, -0.25) is 4.79 Å². The van der Waals surface area contributed by atoms with Gasteiger partial charge >= 0.3 is 0 Å². The monoisotopic (exact) mass is 245 g/mol. The second kappa shape index (κ2) is 4.73. The molecule has 0 aromatic heterocycles. The lowest BCUT2D eigenvalue weighted by Gasteiger charge is -2.45. The lowest BCUT2D eigenvalue weighted by Crippen LogP contribution is -2.60. The molecule has 0 bridgehead atoms. The van der Waals surface area contributed by atoms with E-state index in [0.29, 0.717) is 12.7 Å². The van der Waals surface area contributed by atoms with Crippen LogP contribution < -0.4 is 5.32 Å². The van der Waals surface area contributed by atoms with Crippen LogP contribution in [-0.4, -0.2) is 18.6 Å². The molecule has 1 aliphatic heterocycles. The summed E-state index contributed by atoms with van der Waals surface area (Å²) < 4.78 is 5.93. The van der Waals surface area contributed by atoms with Gasteiger partial charge < -0.3 is 10.1 Å². The minimum absolute atomic E-state index is 0.0351. The lowest BCUT2D eigenvalue weighted by molar-refractivity contribution is -0.145. The van der Waals surface area contributed by atoms with Crippen molar-refractivity contribution in [1.82, 2.24) is 5.32 Å². The van der Waals surface area contributed by atoms with E-state index in [2.05, 4.69) is 17.4 Å². The van der Waals surface area contributed by atoms with Crippen molar-refractivity contribution in [3.63, 3.8) is 0 Å². The van der Waals surface area contributed by atoms with Crippen molar-refractivity contribution in [2.75, 3.05) is 6.54 Å². The Kier molecular flexibility index (Phi) is 3.08. The molecule has 1 N–H and O–H groups in total. The Morgan fingerprint density at radius 2 is 1.94 bits per heavy atom. The van der Waals surface area contributed by atoms with Crippen molar-refractivity contribution >= 4 is 5.91 Å². The third-order valence-corrected chi connectivity index (χ3v) is 4.29. The number of amides is 1. The van der Waals surface area contributed by atoms with Gasteiger partial charge in [0.2, 0.25) is 5.91 Å². The second-order valence-corrected chi connectivity index (χ2v) is 5.46. The van der Waals surface area contributed by atoms with Crippen LogP contribution in [0.1, 0.15) is 31.2 Å². The molecule has 2 fully saturated rings. The minimum atomic E-state index is -0.0351. The van der Waals surface area contributed by atoms with Gasteiger partial charge in [-0.1, -0.05) is 30.3 Å². The average Bonchev–Trinajstić information content (AvgIpc) is 2.45. The number of β-lactam (4-membered cyclic amide) rings is 1. The molecule has 1 aromatic carbocycles. The molecule has 1 aliphatic carbocycles. The van der Waals surface area contributed by atoms with Crippen molar-refractivity contribution in [2.24, 2.45) is 5.41 Å². The molecule has 2 aliphatic rings. The summed E-state index contributed by atoms with van der Waals surface area (Å²) in [6.45, 7) is 1.56. The zero-order valence-electron chi connectivity index (χ0n) is 10.5. The van der Waals surface area contributed by atoms with E-state index in [4.69, 9.17) is 4.74 Å². The fraction of sp³-hybridized carbons (Fsp3) is 0.533. The highest BCUT2D eigenvalue weighted by Crippen LogP contribution is 2.41. The maximum atomic E-state index is 11.5. The van der Waals surface area contributed by atoms with Crippen LogP contribution in [0.25, 0.3) is 0 Å². The highest BCUT2D eigenvalue weighted by atomic mass is 16.5. The number of ether oxygens (including phenoxy) is 1. The van der Waals surface area contributed by atoms with Crippen LogP contribution in [0.5, 0.6) is 0 Å². The zero-order valence-corrected chi connectivity index (χ0v) is 10.5. The summed E-state index contributed by atoms with van der Waals surface area (Å²) in [5.41, 5.74) is 1.19. The fourth-order valence-corrected chi connectivity index (χ4v) is 2.91. The van der Waals surface area contributed by atoms with E-state index in [9.17, 15) is 4.79 Å². The Morgan fingerprint density at radius 1 is 1.22 bits per heavy atom. The molecule has 1 spiro atoms. The Labute approximate surface area is 108 Å². The lowest BCUT2D eigenvalue weighted by atomic mass is 9.68. The highest BCUT2D eigenvalue weighted by Gasteiger charge is 2.48. The number of carbonyl (C=O) groups excluding carboxylic acids is 1. The number of carbonyl (C=O) groups is 1. The Morgan fingerprint density at radius 3 is 2.50 bits per heavy atom. The van der Waals surface area contributed by atoms with Crippen molar-refractivity contribution in [2.45, 2.75) is 38.4 Å². The van der Waals surface area contributed by atoms with E-state index in [1.807, 2.05) is 18.2 Å². The van der Waals surface area contributed by atoms with Crippen LogP contribution in [0.15, 0.2) is 30.3 Å². The number of hydrogen-bond acceptors (Lipinski definition) is 2. The van der Waals surface area contributed by atoms with Crippen molar-refractivity contribution in [3.05, 3.63) is 35.9 Å². The van der Waals surface area contributed by atoms with Gasteiger partial charge in [-0.15, -0.1) is 0 Å². The number of rotatable bonds is 3. The molecular weight excluding hydrogens is 226 g/mol. The first-order valence-electron chi connectivity index (χ1n) is 6.72. The second-order valence-electron chi connectivity index (χ2n) is 5.46. The maximum Gasteiger partial charge on any atom is 0.228 e. The summed E-state index contributed by atoms with van der Waals surface area (Å²) in [5.74, 6) is 0.254. The van der Waals surface area contributed by atoms with E-state index in [1.54, 1.807) is 0 Å². The zero-order chi connectivity index (χ0) is 12.4. The van der Waals surface area contributed by atoms with Crippen LogP contribution in [0.4, 0.5) is 0 Å². The molecule has 1 heterocycles. The third kappa shape index (κ3) is 2.15. The largest absolute Gasteiger partial charge is 0.374 e. The first-order valence-corrected chi connectivity index (χ1v) is 6.72. The summed E-state index contributed by atoms with van der Waals surface area (Å²) in [7, 11) is 0. The molecule has 1 saturated carbocycles. The highest BCUT2D eigenvalue weighted by molar-refractivity contribution is 5.88. The van der Waals surface area contributed by atoms with Gasteiger partial charge in [-0.25, -0.2) is 0 Å². The summed E-state index contributed by atoms with van der Waals surface area (Å²) >= 11 is 0. The Bertz CT molecular complexity index is 421. The Balaban J connectivity index is 1.47. The first-order chi connectivity index (χ1) is 8.78. The van der Waals surface area contributed by atoms with E-state index in [-0.39, 0.29) is 11.3 Å². The number of hydrogen-bond donors (Lipinski definition) is 1. The van der Waals surface area contributed by atoms with E-state index in [1.165, 1.54) is 5.56 Å². The molecule has 96 valence electrons. The van der Waals surface area contributed by atoms with Gasteiger partial charge in [0.25, 0.3) is 0 Å². The van der Waals surface area contributed by atoms with Gasteiger partial charge in [0.1, 0.15) is 0 Å². The van der Waals surface area contributed by atoms with E-state index in [0.717, 1.165) is 32.2 Å². The molecule has 18 heavy (non-hydrogen) atoms. The van der Waals surface area contributed by atoms with E-state index >= 15 is 0 Å². The van der Waals surface area contributed by atoms with E-state index < -0.39 is 0 Å². The van der Waals surface area contributed by atoms with Gasteiger partial charge in [0, 0.05) is 6.54 Å². The SMILES string of the molecule is O=C1NCC12CCC(OCc1ccccc1)CC2. The van der Waals surface area contributed by atoms with Crippen LogP contribution in [0, 0.1) is 5.41 Å². The van der Waals surface area contributed by atoms with Crippen molar-refractivity contribution < 1.29 is 9.53 Å². The van der Waals surface area contributed by atoms with Gasteiger partial charge in [0.05, 0.1) is 18.1 Å². The molecule has 0 atom stereocenters. The van der Waals surface area contributed by atoms with Gasteiger partial charge in [0.15, 0.2) is 0 Å². The maximum absolute atomic E-state index is 11.5. The molecule has 3 heteroatoms. The summed E-state index contributed by atoms with van der Waals surface area (Å²) in [4.78, 5) is 11.5. The minimum Gasteiger partial charge on any atom is -0.374 e. The topological polar surface area (TPSA) is 38.3 Å². The molecule has 0 radical (unpaired) electrons. The normalized spacial score (nSPS) is 30.9. The summed E-state index contributed by atoms with van der Waals surface area (Å²) in [6, 6.07) is 10.3. The molecular formula is C15H19NO2. The summed E-state index contributed by atoms with van der Waals surface area (Å²) in [6.07, 6.45) is 4.32. The molecule has 3 nitrogen and oxygen atoms in total.